The van der Waals surface area contributed by atoms with Gasteiger partial charge in [-0.15, -0.1) is 0 Å². The van der Waals surface area contributed by atoms with Gasteiger partial charge in [0.2, 0.25) is 0 Å². The minimum absolute atomic E-state index is 0.498. The quantitative estimate of drug-likeness (QED) is 0.765. The van der Waals surface area contributed by atoms with Crippen LogP contribution in [0.1, 0.15) is 11.7 Å². The first kappa shape index (κ1) is 12.5. The SMILES string of the molecule is Nc1ccc(C(O)CN2CCS(=O)CC2)cc1. The van der Waals surface area contributed by atoms with E-state index in [4.69, 9.17) is 5.73 Å². The number of rotatable bonds is 3. The summed E-state index contributed by atoms with van der Waals surface area (Å²) >= 11 is 0. The minimum atomic E-state index is -0.663. The molecule has 5 heteroatoms. The Bertz CT molecular complexity index is 384. The van der Waals surface area contributed by atoms with E-state index in [0.29, 0.717) is 23.7 Å². The number of aliphatic hydroxyl groups is 1. The van der Waals surface area contributed by atoms with Crippen molar-refractivity contribution in [1.82, 2.24) is 4.90 Å². The summed E-state index contributed by atoms with van der Waals surface area (Å²) in [6.07, 6.45) is -0.498. The highest BCUT2D eigenvalue weighted by Gasteiger charge is 2.18. The molecule has 1 fully saturated rings. The van der Waals surface area contributed by atoms with E-state index in [1.54, 1.807) is 12.1 Å². The lowest BCUT2D eigenvalue weighted by atomic mass is 10.1. The molecule has 1 aromatic rings. The maximum absolute atomic E-state index is 11.2. The van der Waals surface area contributed by atoms with Gasteiger partial charge >= 0.3 is 0 Å². The average Bonchev–Trinajstić information content (AvgIpc) is 2.33. The van der Waals surface area contributed by atoms with Crippen molar-refractivity contribution < 1.29 is 9.32 Å². The van der Waals surface area contributed by atoms with Crippen LogP contribution in [0.4, 0.5) is 5.69 Å². The summed E-state index contributed by atoms with van der Waals surface area (Å²) in [6, 6.07) is 7.29. The Labute approximate surface area is 104 Å². The van der Waals surface area contributed by atoms with Crippen molar-refractivity contribution in [3.05, 3.63) is 29.8 Å². The molecule has 1 atom stereocenters. The fourth-order valence-corrected chi connectivity index (χ4v) is 3.05. The Morgan fingerprint density at radius 1 is 1.29 bits per heavy atom. The lowest BCUT2D eigenvalue weighted by molar-refractivity contribution is 0.118. The monoisotopic (exact) mass is 254 g/mol. The third-order valence-corrected chi connectivity index (χ3v) is 4.30. The van der Waals surface area contributed by atoms with Crippen LogP contribution in [0, 0.1) is 0 Å². The molecular weight excluding hydrogens is 236 g/mol. The zero-order chi connectivity index (χ0) is 12.3. The van der Waals surface area contributed by atoms with Gasteiger partial charge in [0.25, 0.3) is 0 Å². The molecule has 0 aliphatic carbocycles. The van der Waals surface area contributed by atoms with Gasteiger partial charge in [-0.05, 0) is 17.7 Å². The number of nitrogens with two attached hydrogens (primary N) is 1. The molecule has 4 nitrogen and oxygen atoms in total. The molecule has 0 aromatic heterocycles. The minimum Gasteiger partial charge on any atom is -0.399 e. The van der Waals surface area contributed by atoms with Crippen molar-refractivity contribution >= 4 is 16.5 Å². The van der Waals surface area contributed by atoms with Crippen molar-refractivity contribution in [2.24, 2.45) is 0 Å². The molecule has 94 valence electrons. The van der Waals surface area contributed by atoms with Crippen LogP contribution in [0.2, 0.25) is 0 Å². The van der Waals surface area contributed by atoms with Gasteiger partial charge in [0, 0.05) is 47.6 Å². The normalized spacial score (nSPS) is 20.3. The lowest BCUT2D eigenvalue weighted by Crippen LogP contribution is -2.40. The summed E-state index contributed by atoms with van der Waals surface area (Å²) < 4.78 is 11.2. The maximum atomic E-state index is 11.2. The Morgan fingerprint density at radius 2 is 1.88 bits per heavy atom. The van der Waals surface area contributed by atoms with E-state index in [0.717, 1.165) is 18.7 Å². The smallest absolute Gasteiger partial charge is 0.0916 e. The molecular formula is C12H18N2O2S. The predicted molar refractivity (Wildman–Crippen MR) is 70.1 cm³/mol. The molecule has 0 bridgehead atoms. The van der Waals surface area contributed by atoms with Crippen molar-refractivity contribution in [1.29, 1.82) is 0 Å². The first-order valence-electron chi connectivity index (χ1n) is 5.76. The van der Waals surface area contributed by atoms with Gasteiger partial charge in [0.15, 0.2) is 0 Å². The molecule has 0 radical (unpaired) electrons. The van der Waals surface area contributed by atoms with E-state index >= 15 is 0 Å². The molecule has 0 amide bonds. The predicted octanol–water partition coefficient (Wildman–Crippen LogP) is 0.366. The van der Waals surface area contributed by atoms with E-state index < -0.39 is 16.9 Å². The summed E-state index contributed by atoms with van der Waals surface area (Å²) in [7, 11) is -0.663. The van der Waals surface area contributed by atoms with Crippen molar-refractivity contribution in [2.75, 3.05) is 36.9 Å². The first-order chi connectivity index (χ1) is 8.15. The molecule has 1 aromatic carbocycles. The van der Waals surface area contributed by atoms with Crippen LogP contribution < -0.4 is 5.73 Å². The highest BCUT2D eigenvalue weighted by Crippen LogP contribution is 2.16. The second-order valence-corrected chi connectivity index (χ2v) is 6.03. The van der Waals surface area contributed by atoms with Gasteiger partial charge in [-0.2, -0.15) is 0 Å². The summed E-state index contributed by atoms with van der Waals surface area (Å²) in [5, 5.41) is 10.1. The summed E-state index contributed by atoms with van der Waals surface area (Å²) in [5.74, 6) is 1.43. The van der Waals surface area contributed by atoms with Crippen molar-refractivity contribution in [2.45, 2.75) is 6.10 Å². The zero-order valence-electron chi connectivity index (χ0n) is 9.71. The van der Waals surface area contributed by atoms with Gasteiger partial charge in [-0.1, -0.05) is 12.1 Å². The summed E-state index contributed by atoms with van der Waals surface area (Å²) in [4.78, 5) is 2.16. The summed E-state index contributed by atoms with van der Waals surface area (Å²) in [5.41, 5.74) is 7.18. The van der Waals surface area contributed by atoms with Crippen LogP contribution in [0.15, 0.2) is 24.3 Å². The Kier molecular flexibility index (Phi) is 4.15. The van der Waals surface area contributed by atoms with Gasteiger partial charge in [-0.3, -0.25) is 9.11 Å². The highest BCUT2D eigenvalue weighted by atomic mass is 32.2. The second-order valence-electron chi connectivity index (χ2n) is 4.33. The largest absolute Gasteiger partial charge is 0.399 e. The van der Waals surface area contributed by atoms with E-state index in [-0.39, 0.29) is 0 Å². The van der Waals surface area contributed by atoms with Crippen LogP contribution in [-0.2, 0) is 10.8 Å². The molecule has 1 aliphatic rings. The van der Waals surface area contributed by atoms with E-state index in [1.807, 2.05) is 12.1 Å². The number of nitrogen functional groups attached to an aromatic ring is 1. The number of β-amino-alcohol motifs (C(OH)–C–C–N with tert-alkyl or cyclic N) is 1. The van der Waals surface area contributed by atoms with Gasteiger partial charge < -0.3 is 10.8 Å². The van der Waals surface area contributed by atoms with Crippen molar-refractivity contribution in [3.8, 4) is 0 Å². The molecule has 1 saturated heterocycles. The number of anilines is 1. The molecule has 3 N–H and O–H groups in total. The van der Waals surface area contributed by atoms with Crippen LogP contribution in [0.5, 0.6) is 0 Å². The third kappa shape index (κ3) is 3.52. The average molecular weight is 254 g/mol. The molecule has 1 unspecified atom stereocenters. The standard InChI is InChI=1S/C12H18N2O2S/c13-11-3-1-10(2-4-11)12(15)9-14-5-7-17(16)8-6-14/h1-4,12,15H,5-9,13H2. The Morgan fingerprint density at radius 3 is 2.47 bits per heavy atom. The second kappa shape index (κ2) is 5.62. The number of benzene rings is 1. The number of hydrogen-bond donors (Lipinski definition) is 2. The van der Waals surface area contributed by atoms with Crippen LogP contribution in [-0.4, -0.2) is 45.4 Å². The molecule has 17 heavy (non-hydrogen) atoms. The molecule has 1 heterocycles. The number of aliphatic hydroxyl groups excluding tert-OH is 1. The number of nitrogens with zero attached hydrogens (tertiary/aromatic N) is 1. The fourth-order valence-electron chi connectivity index (χ4n) is 1.93. The topological polar surface area (TPSA) is 66.6 Å². The molecule has 2 rings (SSSR count). The van der Waals surface area contributed by atoms with Crippen LogP contribution in [0.3, 0.4) is 0 Å². The lowest BCUT2D eigenvalue weighted by Gasteiger charge is -2.28. The van der Waals surface area contributed by atoms with Gasteiger partial charge in [-0.25, -0.2) is 0 Å². The van der Waals surface area contributed by atoms with Crippen LogP contribution in [0.25, 0.3) is 0 Å². The third-order valence-electron chi connectivity index (χ3n) is 3.02. The highest BCUT2D eigenvalue weighted by molar-refractivity contribution is 7.85. The zero-order valence-corrected chi connectivity index (χ0v) is 10.5. The van der Waals surface area contributed by atoms with Gasteiger partial charge in [0.1, 0.15) is 0 Å². The molecule has 0 spiro atoms. The molecule has 1 aliphatic heterocycles. The van der Waals surface area contributed by atoms with E-state index in [1.165, 1.54) is 0 Å². The van der Waals surface area contributed by atoms with E-state index in [2.05, 4.69) is 4.90 Å². The Hall–Kier alpha value is -0.910. The first-order valence-corrected chi connectivity index (χ1v) is 7.25. The summed E-state index contributed by atoms with van der Waals surface area (Å²) in [6.45, 7) is 2.21. The van der Waals surface area contributed by atoms with Crippen LogP contribution >= 0.6 is 0 Å². The van der Waals surface area contributed by atoms with E-state index in [9.17, 15) is 9.32 Å². The fraction of sp³-hybridized carbons (Fsp3) is 0.500. The van der Waals surface area contributed by atoms with Crippen molar-refractivity contribution in [3.63, 3.8) is 0 Å². The Balaban J connectivity index is 1.90. The number of hydrogen-bond acceptors (Lipinski definition) is 4. The van der Waals surface area contributed by atoms with Gasteiger partial charge in [0.05, 0.1) is 6.10 Å². The maximum Gasteiger partial charge on any atom is 0.0916 e. The molecule has 0 saturated carbocycles.